The van der Waals surface area contributed by atoms with Crippen LogP contribution in [-0.4, -0.2) is 35.1 Å². The lowest BCUT2D eigenvalue weighted by Crippen LogP contribution is -2.41. The maximum absolute atomic E-state index is 13.1. The van der Waals surface area contributed by atoms with Gasteiger partial charge >= 0.3 is 5.97 Å². The van der Waals surface area contributed by atoms with Crippen LogP contribution in [-0.2, 0) is 14.3 Å². The number of hydrogen-bond donors (Lipinski definition) is 1. The first kappa shape index (κ1) is 23.2. The predicted octanol–water partition coefficient (Wildman–Crippen LogP) is 5.25. The third-order valence-electron chi connectivity index (χ3n) is 7.75. The van der Waals surface area contributed by atoms with E-state index in [-0.39, 0.29) is 24.3 Å². The molecule has 7 heteroatoms. The van der Waals surface area contributed by atoms with E-state index in [4.69, 9.17) is 9.73 Å². The Morgan fingerprint density at radius 3 is 2.59 bits per heavy atom. The van der Waals surface area contributed by atoms with Crippen molar-refractivity contribution < 1.29 is 14.3 Å². The summed E-state index contributed by atoms with van der Waals surface area (Å²) in [6.07, 6.45) is 5.19. The van der Waals surface area contributed by atoms with Crippen molar-refractivity contribution in [3.63, 3.8) is 0 Å². The van der Waals surface area contributed by atoms with Crippen LogP contribution >= 0.6 is 11.8 Å². The van der Waals surface area contributed by atoms with Gasteiger partial charge in [-0.2, -0.15) is 0 Å². The van der Waals surface area contributed by atoms with Gasteiger partial charge in [0.25, 0.3) is 0 Å². The van der Waals surface area contributed by atoms with Crippen LogP contribution < -0.4 is 5.32 Å². The zero-order valence-corrected chi connectivity index (χ0v) is 21.2. The van der Waals surface area contributed by atoms with E-state index in [9.17, 15) is 9.59 Å². The van der Waals surface area contributed by atoms with Gasteiger partial charge in [0.15, 0.2) is 5.17 Å². The molecule has 4 aliphatic rings. The van der Waals surface area contributed by atoms with Crippen molar-refractivity contribution in [2.24, 2.45) is 16.8 Å². The number of nitrogens with zero attached hydrogens (tertiary/aromatic N) is 2. The lowest BCUT2D eigenvalue weighted by molar-refractivity contribution is -0.136. The molecule has 2 saturated carbocycles. The number of benzene rings is 1. The topological polar surface area (TPSA) is 71.0 Å². The molecule has 2 heterocycles. The minimum absolute atomic E-state index is 0.0467. The highest BCUT2D eigenvalue weighted by Crippen LogP contribution is 2.46. The normalized spacial score (nSPS) is 27.6. The van der Waals surface area contributed by atoms with Crippen LogP contribution in [0.5, 0.6) is 0 Å². The molecule has 5 rings (SSSR count). The number of methoxy groups -OCH3 is 1. The van der Waals surface area contributed by atoms with E-state index in [0.29, 0.717) is 29.1 Å². The number of amidine groups is 1. The largest absolute Gasteiger partial charge is 0.466 e. The van der Waals surface area contributed by atoms with Gasteiger partial charge in [-0.25, -0.2) is 9.79 Å². The number of fused-ring (bicyclic) bond motifs is 3. The van der Waals surface area contributed by atoms with Crippen molar-refractivity contribution in [1.82, 2.24) is 10.2 Å². The van der Waals surface area contributed by atoms with E-state index in [2.05, 4.69) is 48.3 Å². The van der Waals surface area contributed by atoms with Gasteiger partial charge in [-0.05, 0) is 60.5 Å². The fourth-order valence-electron chi connectivity index (χ4n) is 5.96. The molecule has 0 unspecified atom stereocenters. The standard InChI is InChI=1S/C27H33N3O3S/c1-15(2)18-7-9-19(10-8-18)25-24(26(32)33-4)16(3)28-27-30(25)21(14-34-27)13-23(31)29-22-12-17-5-6-20(22)11-17/h7-10,14-15,17,20,22,25H,5-6,11-13H2,1-4H3,(H,29,31)/t17-,20-,22-,25-/m0/s1. The summed E-state index contributed by atoms with van der Waals surface area (Å²) in [5, 5.41) is 6.10. The Morgan fingerprint density at radius 2 is 1.97 bits per heavy atom. The number of amides is 1. The van der Waals surface area contributed by atoms with E-state index < -0.39 is 0 Å². The molecule has 2 fully saturated rings. The van der Waals surface area contributed by atoms with Crippen molar-refractivity contribution in [1.29, 1.82) is 0 Å². The molecule has 180 valence electrons. The van der Waals surface area contributed by atoms with Gasteiger partial charge < -0.3 is 15.0 Å². The number of aliphatic imine (C=N–C) groups is 1. The average molecular weight is 480 g/mol. The second kappa shape index (κ2) is 9.25. The van der Waals surface area contributed by atoms with Gasteiger partial charge in [0.05, 0.1) is 30.8 Å². The van der Waals surface area contributed by atoms with Crippen molar-refractivity contribution in [3.8, 4) is 0 Å². The molecule has 1 aromatic carbocycles. The van der Waals surface area contributed by atoms with E-state index in [0.717, 1.165) is 28.8 Å². The van der Waals surface area contributed by atoms with Gasteiger partial charge in [-0.15, -0.1) is 0 Å². The molecule has 2 aliphatic heterocycles. The van der Waals surface area contributed by atoms with Crippen molar-refractivity contribution in [2.75, 3.05) is 7.11 Å². The van der Waals surface area contributed by atoms with Crippen LogP contribution in [0.25, 0.3) is 0 Å². The number of carbonyl (C=O) groups is 2. The highest BCUT2D eigenvalue weighted by Gasteiger charge is 2.42. The summed E-state index contributed by atoms with van der Waals surface area (Å²) in [7, 11) is 1.40. The van der Waals surface area contributed by atoms with Crippen LogP contribution in [0.4, 0.5) is 0 Å². The Labute approximate surface area is 205 Å². The first-order valence-electron chi connectivity index (χ1n) is 12.3. The van der Waals surface area contributed by atoms with E-state index >= 15 is 0 Å². The molecule has 2 aliphatic carbocycles. The van der Waals surface area contributed by atoms with Crippen molar-refractivity contribution >= 4 is 28.8 Å². The average Bonchev–Trinajstić information content (AvgIpc) is 3.54. The van der Waals surface area contributed by atoms with Crippen molar-refractivity contribution in [3.05, 3.63) is 57.8 Å². The molecule has 4 atom stereocenters. The van der Waals surface area contributed by atoms with Crippen molar-refractivity contribution in [2.45, 2.75) is 70.9 Å². The summed E-state index contributed by atoms with van der Waals surface area (Å²) in [4.78, 5) is 32.7. The van der Waals surface area contributed by atoms with Gasteiger partial charge in [0, 0.05) is 11.7 Å². The van der Waals surface area contributed by atoms with Crippen LogP contribution in [0.1, 0.15) is 76.0 Å². The summed E-state index contributed by atoms with van der Waals surface area (Å²) in [6.45, 7) is 6.18. The third-order valence-corrected chi connectivity index (χ3v) is 8.64. The Kier molecular flexibility index (Phi) is 6.32. The number of hydrogen-bond acceptors (Lipinski definition) is 6. The number of rotatable bonds is 6. The first-order chi connectivity index (χ1) is 16.4. The summed E-state index contributed by atoms with van der Waals surface area (Å²) >= 11 is 1.51. The third kappa shape index (κ3) is 4.19. The SMILES string of the molecule is COC(=O)C1=C(C)N=C2SC=C(CC(=O)N[C@H]3C[C@H]4CC[C@H]3C4)N2[C@H]1c1ccc(C(C)C)cc1. The number of carbonyl (C=O) groups excluding carboxylic acids is 2. The summed E-state index contributed by atoms with van der Waals surface area (Å²) in [5.74, 6) is 1.50. The second-order valence-corrected chi connectivity index (χ2v) is 11.1. The molecular weight excluding hydrogens is 446 g/mol. The fourth-order valence-corrected chi connectivity index (χ4v) is 6.93. The first-order valence-corrected chi connectivity index (χ1v) is 13.2. The predicted molar refractivity (Wildman–Crippen MR) is 135 cm³/mol. The van der Waals surface area contributed by atoms with Gasteiger partial charge in [-0.1, -0.05) is 56.3 Å². The monoisotopic (exact) mass is 479 g/mol. The highest BCUT2D eigenvalue weighted by atomic mass is 32.2. The van der Waals surface area contributed by atoms with Crippen LogP contribution in [0.3, 0.4) is 0 Å². The molecule has 34 heavy (non-hydrogen) atoms. The van der Waals surface area contributed by atoms with E-state index in [1.807, 2.05) is 12.3 Å². The van der Waals surface area contributed by atoms with Gasteiger partial charge in [0.1, 0.15) is 0 Å². The Balaban J connectivity index is 1.42. The molecule has 1 N–H and O–H groups in total. The Morgan fingerprint density at radius 1 is 1.21 bits per heavy atom. The number of thioether (sulfide) groups is 1. The summed E-state index contributed by atoms with van der Waals surface area (Å²) in [6, 6.07) is 8.32. The molecule has 2 bridgehead atoms. The highest BCUT2D eigenvalue weighted by molar-refractivity contribution is 8.16. The second-order valence-electron chi connectivity index (χ2n) is 10.2. The maximum Gasteiger partial charge on any atom is 0.338 e. The van der Waals surface area contributed by atoms with Crippen LogP contribution in [0.2, 0.25) is 0 Å². The molecule has 6 nitrogen and oxygen atoms in total. The van der Waals surface area contributed by atoms with Crippen LogP contribution in [0.15, 0.2) is 51.6 Å². The lowest BCUT2D eigenvalue weighted by Gasteiger charge is -2.36. The lowest BCUT2D eigenvalue weighted by atomic mass is 9.92. The number of ether oxygens (including phenoxy) is 1. The van der Waals surface area contributed by atoms with Crippen LogP contribution in [0, 0.1) is 11.8 Å². The smallest absolute Gasteiger partial charge is 0.338 e. The molecular formula is C27H33N3O3S. The van der Waals surface area contributed by atoms with Gasteiger partial charge in [-0.3, -0.25) is 4.79 Å². The zero-order chi connectivity index (χ0) is 24.0. The summed E-state index contributed by atoms with van der Waals surface area (Å²) < 4.78 is 5.16. The minimum atomic E-state index is -0.388. The Bertz CT molecular complexity index is 1090. The number of esters is 1. The molecule has 0 aromatic heterocycles. The maximum atomic E-state index is 13.1. The molecule has 1 aromatic rings. The molecule has 0 spiro atoms. The zero-order valence-electron chi connectivity index (χ0n) is 20.3. The molecule has 0 radical (unpaired) electrons. The van der Waals surface area contributed by atoms with E-state index in [1.165, 1.54) is 43.7 Å². The number of nitrogens with one attached hydrogen (secondary N) is 1. The number of allylic oxidation sites excluding steroid dienone is 1. The minimum Gasteiger partial charge on any atom is -0.466 e. The van der Waals surface area contributed by atoms with E-state index in [1.54, 1.807) is 0 Å². The molecule has 1 amide bonds. The quantitative estimate of drug-likeness (QED) is 0.564. The fraction of sp³-hybridized carbons (Fsp3) is 0.519. The summed E-state index contributed by atoms with van der Waals surface area (Å²) in [5.41, 5.74) is 4.27. The Hall–Kier alpha value is -2.54. The molecule has 0 saturated heterocycles. The van der Waals surface area contributed by atoms with Gasteiger partial charge in [0.2, 0.25) is 5.91 Å².